The average Bonchev–Trinajstić information content (AvgIpc) is 2.18. The number of hydrogen-bond acceptors (Lipinski definition) is 0. The molecule has 0 heteroatoms. The molecule has 0 N–H and O–H groups in total. The van der Waals surface area contributed by atoms with E-state index < -0.39 is 0 Å². The molecule has 13 heavy (non-hydrogen) atoms. The van der Waals surface area contributed by atoms with Crippen LogP contribution in [0.2, 0.25) is 0 Å². The maximum absolute atomic E-state index is 2.29. The molecule has 0 heterocycles. The third kappa shape index (κ3) is 2.45. The summed E-state index contributed by atoms with van der Waals surface area (Å²) in [5.74, 6) is 0. The molecule has 0 atom stereocenters. The number of allylic oxidation sites excluding steroid dienone is 1. The van der Waals surface area contributed by atoms with Gasteiger partial charge in [-0.05, 0) is 36.5 Å². The zero-order valence-corrected chi connectivity index (χ0v) is 8.80. The third-order valence-corrected chi connectivity index (χ3v) is 2.35. The number of aryl methyl sites for hydroxylation is 2. The molecule has 0 bridgehead atoms. The summed E-state index contributed by atoms with van der Waals surface area (Å²) in [4.78, 5) is 0. The molecular formula is C13H18. The van der Waals surface area contributed by atoms with Crippen molar-refractivity contribution in [3.8, 4) is 0 Å². The van der Waals surface area contributed by atoms with Crippen LogP contribution in [0.25, 0.3) is 6.08 Å². The van der Waals surface area contributed by atoms with Crippen LogP contribution in [0.5, 0.6) is 0 Å². The van der Waals surface area contributed by atoms with Crippen LogP contribution < -0.4 is 0 Å². The Bertz CT molecular complexity index is 295. The standard InChI is InChI=1S/C13H18/c1-4-7-13-10-11(5-2)8-9-12(13)6-3/h4,7-10H,5-6H2,1-3H3/b7-4-. The molecule has 1 rings (SSSR count). The van der Waals surface area contributed by atoms with Crippen LogP contribution in [0.4, 0.5) is 0 Å². The SMILES string of the molecule is C/C=C\c1cc(CC)ccc1CC. The van der Waals surface area contributed by atoms with Gasteiger partial charge in [0.1, 0.15) is 0 Å². The zero-order chi connectivity index (χ0) is 9.68. The van der Waals surface area contributed by atoms with Crippen molar-refractivity contribution in [2.24, 2.45) is 0 Å². The van der Waals surface area contributed by atoms with Gasteiger partial charge in [-0.3, -0.25) is 0 Å². The maximum Gasteiger partial charge on any atom is -0.0225 e. The molecule has 0 saturated heterocycles. The Morgan fingerprint density at radius 1 is 1.15 bits per heavy atom. The highest BCUT2D eigenvalue weighted by Crippen LogP contribution is 2.15. The number of hydrogen-bond donors (Lipinski definition) is 0. The quantitative estimate of drug-likeness (QED) is 0.653. The first kappa shape index (κ1) is 10.0. The van der Waals surface area contributed by atoms with Crippen molar-refractivity contribution in [2.75, 3.05) is 0 Å². The van der Waals surface area contributed by atoms with E-state index in [0.717, 1.165) is 12.8 Å². The summed E-state index contributed by atoms with van der Waals surface area (Å²) in [7, 11) is 0. The fourth-order valence-corrected chi connectivity index (χ4v) is 1.52. The fraction of sp³-hybridized carbons (Fsp3) is 0.385. The normalized spacial score (nSPS) is 11.0. The Kier molecular flexibility index (Phi) is 3.75. The monoisotopic (exact) mass is 174 g/mol. The van der Waals surface area contributed by atoms with Crippen molar-refractivity contribution in [3.63, 3.8) is 0 Å². The van der Waals surface area contributed by atoms with Gasteiger partial charge in [-0.25, -0.2) is 0 Å². The predicted molar refractivity (Wildman–Crippen MR) is 59.9 cm³/mol. The highest BCUT2D eigenvalue weighted by molar-refractivity contribution is 5.54. The van der Waals surface area contributed by atoms with Crippen molar-refractivity contribution in [1.82, 2.24) is 0 Å². The van der Waals surface area contributed by atoms with Crippen molar-refractivity contribution in [1.29, 1.82) is 0 Å². The first-order valence-electron chi connectivity index (χ1n) is 5.06. The minimum absolute atomic E-state index is 1.11. The van der Waals surface area contributed by atoms with E-state index in [1.807, 2.05) is 0 Å². The van der Waals surface area contributed by atoms with E-state index in [2.05, 4.69) is 51.1 Å². The molecule has 0 aliphatic heterocycles. The maximum atomic E-state index is 2.29. The predicted octanol–water partition coefficient (Wildman–Crippen LogP) is 3.84. The molecule has 1 aromatic carbocycles. The Morgan fingerprint density at radius 2 is 1.92 bits per heavy atom. The van der Waals surface area contributed by atoms with Crippen molar-refractivity contribution < 1.29 is 0 Å². The highest BCUT2D eigenvalue weighted by Gasteiger charge is 1.97. The van der Waals surface area contributed by atoms with E-state index >= 15 is 0 Å². The van der Waals surface area contributed by atoms with Gasteiger partial charge in [0.2, 0.25) is 0 Å². The van der Waals surface area contributed by atoms with Crippen LogP contribution >= 0.6 is 0 Å². The molecule has 0 aliphatic rings. The van der Waals surface area contributed by atoms with Crippen molar-refractivity contribution in [3.05, 3.63) is 41.0 Å². The van der Waals surface area contributed by atoms with E-state index in [0.29, 0.717) is 0 Å². The second kappa shape index (κ2) is 4.86. The van der Waals surface area contributed by atoms with Gasteiger partial charge in [0.25, 0.3) is 0 Å². The molecule has 0 amide bonds. The first-order chi connectivity index (χ1) is 6.31. The van der Waals surface area contributed by atoms with E-state index in [4.69, 9.17) is 0 Å². The lowest BCUT2D eigenvalue weighted by molar-refractivity contribution is 1.09. The van der Waals surface area contributed by atoms with E-state index in [-0.39, 0.29) is 0 Å². The Balaban J connectivity index is 3.09. The summed E-state index contributed by atoms with van der Waals surface area (Å²) in [6.07, 6.45) is 6.53. The molecule has 0 radical (unpaired) electrons. The molecule has 0 spiro atoms. The van der Waals surface area contributed by atoms with Crippen LogP contribution in [-0.4, -0.2) is 0 Å². The van der Waals surface area contributed by atoms with Gasteiger partial charge in [0.05, 0.1) is 0 Å². The van der Waals surface area contributed by atoms with Crippen LogP contribution in [-0.2, 0) is 12.8 Å². The van der Waals surface area contributed by atoms with Crippen LogP contribution in [0.1, 0.15) is 37.5 Å². The Hall–Kier alpha value is -1.04. The summed E-state index contributed by atoms with van der Waals surface area (Å²) >= 11 is 0. The first-order valence-corrected chi connectivity index (χ1v) is 5.06. The molecular weight excluding hydrogens is 156 g/mol. The summed E-state index contributed by atoms with van der Waals surface area (Å²) in [5, 5.41) is 0. The topological polar surface area (TPSA) is 0 Å². The second-order valence-corrected chi connectivity index (χ2v) is 3.24. The molecule has 0 aromatic heterocycles. The summed E-state index contributed by atoms with van der Waals surface area (Å²) < 4.78 is 0. The van der Waals surface area contributed by atoms with Crippen LogP contribution in [0, 0.1) is 0 Å². The van der Waals surface area contributed by atoms with Gasteiger partial charge >= 0.3 is 0 Å². The van der Waals surface area contributed by atoms with Gasteiger partial charge in [0, 0.05) is 0 Å². The van der Waals surface area contributed by atoms with Crippen LogP contribution in [0.15, 0.2) is 24.3 Å². The molecule has 0 aliphatic carbocycles. The van der Waals surface area contributed by atoms with Gasteiger partial charge in [-0.2, -0.15) is 0 Å². The van der Waals surface area contributed by atoms with Crippen LogP contribution in [0.3, 0.4) is 0 Å². The third-order valence-electron chi connectivity index (χ3n) is 2.35. The van der Waals surface area contributed by atoms with Gasteiger partial charge in [-0.15, -0.1) is 0 Å². The molecule has 0 nitrogen and oxygen atoms in total. The minimum Gasteiger partial charge on any atom is -0.0871 e. The molecule has 0 unspecified atom stereocenters. The minimum atomic E-state index is 1.11. The fourth-order valence-electron chi connectivity index (χ4n) is 1.52. The van der Waals surface area contributed by atoms with E-state index in [1.165, 1.54) is 16.7 Å². The van der Waals surface area contributed by atoms with E-state index in [9.17, 15) is 0 Å². The van der Waals surface area contributed by atoms with Crippen molar-refractivity contribution >= 4 is 6.08 Å². The Morgan fingerprint density at radius 3 is 2.46 bits per heavy atom. The van der Waals surface area contributed by atoms with E-state index in [1.54, 1.807) is 0 Å². The zero-order valence-electron chi connectivity index (χ0n) is 8.80. The van der Waals surface area contributed by atoms with Gasteiger partial charge in [-0.1, -0.05) is 44.2 Å². The highest BCUT2D eigenvalue weighted by atomic mass is 14.0. The summed E-state index contributed by atoms with van der Waals surface area (Å²) in [5.41, 5.74) is 4.24. The largest absolute Gasteiger partial charge is 0.0871 e. The molecule has 70 valence electrons. The summed E-state index contributed by atoms with van der Waals surface area (Å²) in [6, 6.07) is 6.76. The smallest absolute Gasteiger partial charge is 0.0225 e. The van der Waals surface area contributed by atoms with Crippen molar-refractivity contribution in [2.45, 2.75) is 33.6 Å². The van der Waals surface area contributed by atoms with Gasteiger partial charge < -0.3 is 0 Å². The average molecular weight is 174 g/mol. The molecule has 0 fully saturated rings. The Labute approximate surface area is 81.3 Å². The van der Waals surface area contributed by atoms with Gasteiger partial charge in [0.15, 0.2) is 0 Å². The number of rotatable bonds is 3. The lowest BCUT2D eigenvalue weighted by atomic mass is 10.0. The lowest BCUT2D eigenvalue weighted by Gasteiger charge is -2.05. The summed E-state index contributed by atoms with van der Waals surface area (Å²) in [6.45, 7) is 6.46. The lowest BCUT2D eigenvalue weighted by Crippen LogP contribution is -1.89. The number of benzene rings is 1. The molecule has 0 saturated carbocycles. The molecule has 1 aromatic rings. The second-order valence-electron chi connectivity index (χ2n) is 3.24.